The van der Waals surface area contributed by atoms with Gasteiger partial charge < -0.3 is 10.2 Å². The molecular weight excluding hydrogens is 330 g/mol. The number of hydrogen-bond donors (Lipinski definition) is 1. The van der Waals surface area contributed by atoms with Crippen LogP contribution in [-0.2, 0) is 4.79 Å². The maximum absolute atomic E-state index is 12.1. The van der Waals surface area contributed by atoms with Gasteiger partial charge >= 0.3 is 0 Å². The van der Waals surface area contributed by atoms with Crippen LogP contribution in [0.5, 0.6) is 0 Å². The number of benzene rings is 1. The lowest BCUT2D eigenvalue weighted by Crippen LogP contribution is -2.30. The van der Waals surface area contributed by atoms with Crippen LogP contribution in [0.4, 0.5) is 0 Å². The van der Waals surface area contributed by atoms with Gasteiger partial charge in [-0.15, -0.1) is 5.10 Å². The first-order chi connectivity index (χ1) is 11.6. The van der Waals surface area contributed by atoms with E-state index < -0.39 is 0 Å². The molecule has 0 spiro atoms. The van der Waals surface area contributed by atoms with Crippen LogP contribution in [0, 0.1) is 0 Å². The molecule has 2 amide bonds. The number of nitrogens with one attached hydrogen (secondary N) is 1. The Bertz CT molecular complexity index is 746. The van der Waals surface area contributed by atoms with Crippen molar-refractivity contribution >= 4 is 23.4 Å². The molecule has 1 aromatic carbocycles. The number of halogens is 1. The molecule has 1 N–H and O–H groups in total. The number of rotatable bonds is 6. The summed E-state index contributed by atoms with van der Waals surface area (Å²) in [6.45, 7) is 1.98. The van der Waals surface area contributed by atoms with E-state index in [0.29, 0.717) is 30.2 Å². The quantitative estimate of drug-likeness (QED) is 0.806. The number of amides is 2. The molecule has 0 radical (unpaired) electrons. The van der Waals surface area contributed by atoms with Crippen molar-refractivity contribution in [3.63, 3.8) is 0 Å². The van der Waals surface area contributed by atoms with Crippen LogP contribution < -0.4 is 5.32 Å². The molecule has 1 aliphatic rings. The fraction of sp³-hybridized carbons (Fsp3) is 0.375. The van der Waals surface area contributed by atoms with E-state index in [1.54, 1.807) is 18.3 Å². The van der Waals surface area contributed by atoms with E-state index in [4.69, 9.17) is 11.6 Å². The SMILES string of the molecule is O=C(NCCCN1CCCC1=O)c1cn(-c2ccccc2Cl)nn1. The summed E-state index contributed by atoms with van der Waals surface area (Å²) in [5.74, 6) is -0.0925. The third-order valence-corrected chi connectivity index (χ3v) is 4.21. The molecule has 126 valence electrons. The van der Waals surface area contributed by atoms with Crippen LogP contribution in [0.3, 0.4) is 0 Å². The van der Waals surface area contributed by atoms with Gasteiger partial charge in [-0.1, -0.05) is 28.9 Å². The lowest BCUT2D eigenvalue weighted by atomic mass is 10.3. The summed E-state index contributed by atoms with van der Waals surface area (Å²) in [5.41, 5.74) is 0.894. The van der Waals surface area contributed by atoms with Crippen LogP contribution in [-0.4, -0.2) is 51.3 Å². The summed E-state index contributed by atoms with van der Waals surface area (Å²) in [5, 5.41) is 11.1. The molecule has 2 heterocycles. The zero-order chi connectivity index (χ0) is 16.9. The number of hydrogen-bond acceptors (Lipinski definition) is 4. The number of para-hydroxylation sites is 1. The molecule has 0 atom stereocenters. The van der Waals surface area contributed by atoms with E-state index in [1.807, 2.05) is 17.0 Å². The fourth-order valence-electron chi connectivity index (χ4n) is 2.63. The summed E-state index contributed by atoms with van der Waals surface area (Å²) in [7, 11) is 0. The Hall–Kier alpha value is -2.41. The lowest BCUT2D eigenvalue weighted by molar-refractivity contribution is -0.127. The molecule has 7 nitrogen and oxygen atoms in total. The maximum atomic E-state index is 12.1. The van der Waals surface area contributed by atoms with Gasteiger partial charge in [-0.25, -0.2) is 4.68 Å². The van der Waals surface area contributed by atoms with Gasteiger partial charge in [0.25, 0.3) is 5.91 Å². The Kier molecular flexibility index (Phi) is 5.10. The van der Waals surface area contributed by atoms with Crippen LogP contribution in [0.15, 0.2) is 30.5 Å². The summed E-state index contributed by atoms with van der Waals surface area (Å²) < 4.78 is 1.47. The first kappa shape index (κ1) is 16.4. The van der Waals surface area contributed by atoms with Crippen molar-refractivity contribution in [2.24, 2.45) is 0 Å². The molecule has 3 rings (SSSR count). The molecule has 1 fully saturated rings. The summed E-state index contributed by atoms with van der Waals surface area (Å²) >= 11 is 6.10. The highest BCUT2D eigenvalue weighted by Gasteiger charge is 2.19. The monoisotopic (exact) mass is 347 g/mol. The third kappa shape index (κ3) is 3.73. The highest BCUT2D eigenvalue weighted by molar-refractivity contribution is 6.32. The van der Waals surface area contributed by atoms with Crippen molar-refractivity contribution in [2.45, 2.75) is 19.3 Å². The normalized spacial score (nSPS) is 14.2. The first-order valence-corrected chi connectivity index (χ1v) is 8.26. The fourth-order valence-corrected chi connectivity index (χ4v) is 2.85. The van der Waals surface area contributed by atoms with Crippen molar-refractivity contribution in [1.29, 1.82) is 0 Å². The van der Waals surface area contributed by atoms with Gasteiger partial charge in [0.2, 0.25) is 5.91 Å². The number of nitrogens with zero attached hydrogens (tertiary/aromatic N) is 4. The van der Waals surface area contributed by atoms with Gasteiger partial charge in [0.05, 0.1) is 16.9 Å². The average molecular weight is 348 g/mol. The average Bonchev–Trinajstić information content (AvgIpc) is 3.21. The third-order valence-electron chi connectivity index (χ3n) is 3.89. The minimum atomic E-state index is -0.291. The summed E-state index contributed by atoms with van der Waals surface area (Å²) in [6.07, 6.45) is 3.82. The number of carbonyl (C=O) groups is 2. The van der Waals surface area contributed by atoms with Crippen molar-refractivity contribution in [3.05, 3.63) is 41.2 Å². The van der Waals surface area contributed by atoms with Gasteiger partial charge in [0.15, 0.2) is 5.69 Å². The number of likely N-dealkylation sites (tertiary alicyclic amines) is 1. The van der Waals surface area contributed by atoms with Crippen molar-refractivity contribution in [1.82, 2.24) is 25.2 Å². The second-order valence-corrected chi connectivity index (χ2v) is 6.00. The molecule has 0 saturated carbocycles. The standard InChI is InChI=1S/C16H18ClN5O2/c17-12-5-1-2-6-14(12)22-11-13(19-20-22)16(24)18-8-4-10-21-9-3-7-15(21)23/h1-2,5-6,11H,3-4,7-10H2,(H,18,24). The Morgan fingerprint density at radius 2 is 2.17 bits per heavy atom. The molecule has 1 aliphatic heterocycles. The summed E-state index contributed by atoms with van der Waals surface area (Å²) in [6, 6.07) is 7.20. The van der Waals surface area contributed by atoms with Gasteiger partial charge in [-0.2, -0.15) is 0 Å². The molecule has 24 heavy (non-hydrogen) atoms. The number of aromatic nitrogens is 3. The first-order valence-electron chi connectivity index (χ1n) is 7.88. The largest absolute Gasteiger partial charge is 0.351 e. The van der Waals surface area contributed by atoms with Crippen molar-refractivity contribution in [3.8, 4) is 5.69 Å². The molecule has 8 heteroatoms. The van der Waals surface area contributed by atoms with Crippen LogP contribution in [0.25, 0.3) is 5.69 Å². The van der Waals surface area contributed by atoms with E-state index in [1.165, 1.54) is 4.68 Å². The Balaban J connectivity index is 1.51. The Labute approximate surface area is 144 Å². The van der Waals surface area contributed by atoms with Crippen LogP contribution in [0.2, 0.25) is 5.02 Å². The lowest BCUT2D eigenvalue weighted by Gasteiger charge is -2.14. The van der Waals surface area contributed by atoms with E-state index in [2.05, 4.69) is 15.6 Å². The molecule has 0 bridgehead atoms. The zero-order valence-corrected chi connectivity index (χ0v) is 13.9. The smallest absolute Gasteiger partial charge is 0.273 e. The minimum absolute atomic E-state index is 0.198. The number of carbonyl (C=O) groups excluding carboxylic acids is 2. The minimum Gasteiger partial charge on any atom is -0.351 e. The second-order valence-electron chi connectivity index (χ2n) is 5.59. The molecular formula is C16H18ClN5O2. The second kappa shape index (κ2) is 7.44. The van der Waals surface area contributed by atoms with Crippen molar-refractivity contribution < 1.29 is 9.59 Å². The van der Waals surface area contributed by atoms with Crippen LogP contribution >= 0.6 is 11.6 Å². The molecule has 1 aromatic heterocycles. The van der Waals surface area contributed by atoms with E-state index in [0.717, 1.165) is 19.4 Å². The van der Waals surface area contributed by atoms with Crippen molar-refractivity contribution in [2.75, 3.05) is 19.6 Å². The molecule has 0 unspecified atom stereocenters. The van der Waals surface area contributed by atoms with E-state index in [-0.39, 0.29) is 17.5 Å². The zero-order valence-electron chi connectivity index (χ0n) is 13.1. The molecule has 1 saturated heterocycles. The Morgan fingerprint density at radius 1 is 1.33 bits per heavy atom. The highest BCUT2D eigenvalue weighted by atomic mass is 35.5. The molecule has 2 aromatic rings. The van der Waals surface area contributed by atoms with Gasteiger partial charge in [0.1, 0.15) is 0 Å². The topological polar surface area (TPSA) is 80.1 Å². The summed E-state index contributed by atoms with van der Waals surface area (Å²) in [4.78, 5) is 25.4. The van der Waals surface area contributed by atoms with Gasteiger partial charge in [-0.3, -0.25) is 9.59 Å². The van der Waals surface area contributed by atoms with E-state index >= 15 is 0 Å². The predicted molar refractivity (Wildman–Crippen MR) is 89.1 cm³/mol. The van der Waals surface area contributed by atoms with Gasteiger partial charge in [0, 0.05) is 26.1 Å². The Morgan fingerprint density at radius 3 is 2.92 bits per heavy atom. The highest BCUT2D eigenvalue weighted by Crippen LogP contribution is 2.18. The van der Waals surface area contributed by atoms with Crippen LogP contribution in [0.1, 0.15) is 29.8 Å². The molecule has 0 aliphatic carbocycles. The maximum Gasteiger partial charge on any atom is 0.273 e. The predicted octanol–water partition coefficient (Wildman–Crippen LogP) is 1.66. The van der Waals surface area contributed by atoms with E-state index in [9.17, 15) is 9.59 Å². The van der Waals surface area contributed by atoms with Gasteiger partial charge in [-0.05, 0) is 25.0 Å².